The largest absolute Gasteiger partial charge is 0.478 e. The van der Waals surface area contributed by atoms with Crippen LogP contribution in [0.4, 0.5) is 0 Å². The van der Waals surface area contributed by atoms with Crippen LogP contribution >= 0.6 is 0 Å². The van der Waals surface area contributed by atoms with Crippen molar-refractivity contribution in [2.45, 2.75) is 0 Å². The number of aliphatic carboxylic acids is 1. The molecule has 0 aliphatic carbocycles. The lowest BCUT2D eigenvalue weighted by molar-refractivity contribution is -0.132. The summed E-state index contributed by atoms with van der Waals surface area (Å²) >= 11 is 0. The molecule has 0 aromatic heterocycles. The SMILES string of the molecule is O=NN/C=C1\N=CC(C(=O)O)=CN1. The van der Waals surface area contributed by atoms with Gasteiger partial charge in [-0.15, -0.1) is 4.91 Å². The van der Waals surface area contributed by atoms with E-state index in [0.29, 0.717) is 5.82 Å². The molecule has 1 aliphatic rings. The van der Waals surface area contributed by atoms with E-state index < -0.39 is 5.97 Å². The van der Waals surface area contributed by atoms with Crippen molar-refractivity contribution >= 4 is 12.2 Å². The summed E-state index contributed by atoms with van der Waals surface area (Å²) < 4.78 is 0. The van der Waals surface area contributed by atoms with E-state index >= 15 is 0 Å². The Morgan fingerprint density at radius 2 is 2.54 bits per heavy atom. The summed E-state index contributed by atoms with van der Waals surface area (Å²) in [6.45, 7) is 0. The molecule has 0 atom stereocenters. The number of nitroso groups, excluding NO2 is 1. The van der Waals surface area contributed by atoms with Crippen molar-refractivity contribution in [1.82, 2.24) is 10.7 Å². The zero-order valence-corrected chi connectivity index (χ0v) is 6.39. The van der Waals surface area contributed by atoms with Crippen LogP contribution < -0.4 is 10.7 Å². The van der Waals surface area contributed by atoms with Crippen LogP contribution in [0.5, 0.6) is 0 Å². The quantitative estimate of drug-likeness (QED) is 0.410. The molecule has 7 nitrogen and oxygen atoms in total. The fourth-order valence-corrected chi connectivity index (χ4v) is 0.649. The third-order valence-corrected chi connectivity index (χ3v) is 1.22. The van der Waals surface area contributed by atoms with Crippen LogP contribution in [0.1, 0.15) is 0 Å². The molecule has 0 aromatic rings. The van der Waals surface area contributed by atoms with Gasteiger partial charge in [-0.1, -0.05) is 0 Å². The highest BCUT2D eigenvalue weighted by Crippen LogP contribution is 2.00. The number of carboxylic acid groups (broad SMARTS) is 1. The number of rotatable bonds is 3. The second-order valence-electron chi connectivity index (χ2n) is 2.06. The van der Waals surface area contributed by atoms with Gasteiger partial charge in [0.05, 0.1) is 17.1 Å². The molecule has 68 valence electrons. The maximum atomic E-state index is 10.4. The lowest BCUT2D eigenvalue weighted by Gasteiger charge is -2.06. The van der Waals surface area contributed by atoms with Gasteiger partial charge in [0.2, 0.25) is 0 Å². The van der Waals surface area contributed by atoms with Gasteiger partial charge in [0.25, 0.3) is 0 Å². The molecule has 3 N–H and O–H groups in total. The Balaban J connectivity index is 2.62. The molecule has 0 spiro atoms. The molecule has 0 saturated heterocycles. The fourth-order valence-electron chi connectivity index (χ4n) is 0.649. The molecule has 0 radical (unpaired) electrons. The van der Waals surface area contributed by atoms with E-state index in [2.05, 4.69) is 15.6 Å². The minimum absolute atomic E-state index is 0.0382. The van der Waals surface area contributed by atoms with Crippen LogP contribution in [0, 0.1) is 4.91 Å². The summed E-state index contributed by atoms with van der Waals surface area (Å²) in [7, 11) is 0. The van der Waals surface area contributed by atoms with Gasteiger partial charge in [-0.3, -0.25) is 0 Å². The lowest BCUT2D eigenvalue weighted by atomic mass is 10.3. The minimum atomic E-state index is -1.07. The summed E-state index contributed by atoms with van der Waals surface area (Å²) in [5, 5.41) is 13.4. The van der Waals surface area contributed by atoms with Crippen molar-refractivity contribution in [2.75, 3.05) is 0 Å². The first-order valence-electron chi connectivity index (χ1n) is 3.26. The molecule has 13 heavy (non-hydrogen) atoms. The zero-order valence-electron chi connectivity index (χ0n) is 6.39. The maximum absolute atomic E-state index is 10.4. The van der Waals surface area contributed by atoms with Gasteiger partial charge in [-0.05, 0) is 0 Å². The van der Waals surface area contributed by atoms with E-state index in [1.165, 1.54) is 12.4 Å². The van der Waals surface area contributed by atoms with Gasteiger partial charge in [-0.25, -0.2) is 15.2 Å². The molecule has 0 aromatic carbocycles. The van der Waals surface area contributed by atoms with Gasteiger partial charge < -0.3 is 10.4 Å². The second kappa shape index (κ2) is 4.00. The Kier molecular flexibility index (Phi) is 2.74. The molecule has 7 heteroatoms. The highest BCUT2D eigenvalue weighted by molar-refractivity contribution is 6.09. The molecular weight excluding hydrogens is 176 g/mol. The van der Waals surface area contributed by atoms with Crippen LogP contribution in [0.2, 0.25) is 0 Å². The van der Waals surface area contributed by atoms with Crippen molar-refractivity contribution in [2.24, 2.45) is 10.3 Å². The van der Waals surface area contributed by atoms with Gasteiger partial charge in [-0.2, -0.15) is 0 Å². The Morgan fingerprint density at radius 1 is 1.77 bits per heavy atom. The third kappa shape index (κ3) is 2.40. The number of aliphatic imine (C=N–C) groups is 1. The predicted molar refractivity (Wildman–Crippen MR) is 44.4 cm³/mol. The van der Waals surface area contributed by atoms with Crippen LogP contribution in [-0.2, 0) is 4.79 Å². The number of hydrogen-bond donors (Lipinski definition) is 3. The first-order valence-corrected chi connectivity index (χ1v) is 3.26. The molecular formula is C6H6N4O3. The first kappa shape index (κ1) is 8.91. The molecule has 0 fully saturated rings. The standard InChI is InChI=1S/C6H6N4O3/c11-6(12)4-1-7-5(8-2-4)3-9-10-13/h1-3,7H,(H,9,13)(H,11,12)/b5-3-. The molecule has 0 saturated carbocycles. The Hall–Kier alpha value is -2.18. The Bertz CT molecular complexity index is 318. The molecule has 0 amide bonds. The summed E-state index contributed by atoms with van der Waals surface area (Å²) in [5.41, 5.74) is 2.05. The number of hydrogen-bond acceptors (Lipinski definition) is 5. The van der Waals surface area contributed by atoms with Crippen LogP contribution in [0.15, 0.2) is 34.1 Å². The van der Waals surface area contributed by atoms with Crippen LogP contribution in [-0.4, -0.2) is 17.3 Å². The molecule has 0 bridgehead atoms. The third-order valence-electron chi connectivity index (χ3n) is 1.22. The average molecular weight is 182 g/mol. The number of carboxylic acids is 1. The summed E-state index contributed by atoms with van der Waals surface area (Å²) in [6.07, 6.45) is 3.63. The highest BCUT2D eigenvalue weighted by atomic mass is 16.4. The minimum Gasteiger partial charge on any atom is -0.478 e. The van der Waals surface area contributed by atoms with E-state index in [-0.39, 0.29) is 5.57 Å². The van der Waals surface area contributed by atoms with E-state index in [9.17, 15) is 9.70 Å². The number of carbonyl (C=O) groups is 1. The zero-order chi connectivity index (χ0) is 9.68. The number of nitrogens with zero attached hydrogens (tertiary/aromatic N) is 2. The van der Waals surface area contributed by atoms with Crippen LogP contribution in [0.3, 0.4) is 0 Å². The Morgan fingerprint density at radius 3 is 3.00 bits per heavy atom. The smallest absolute Gasteiger partial charge is 0.338 e. The average Bonchev–Trinajstić information content (AvgIpc) is 2.15. The van der Waals surface area contributed by atoms with Gasteiger partial charge in [0, 0.05) is 12.4 Å². The maximum Gasteiger partial charge on any atom is 0.338 e. The van der Waals surface area contributed by atoms with Gasteiger partial charge in [0.15, 0.2) is 0 Å². The molecule has 1 aliphatic heterocycles. The molecule has 1 heterocycles. The van der Waals surface area contributed by atoms with Gasteiger partial charge in [0.1, 0.15) is 5.82 Å². The van der Waals surface area contributed by atoms with Crippen molar-refractivity contribution in [3.05, 3.63) is 28.7 Å². The van der Waals surface area contributed by atoms with E-state index in [1.807, 2.05) is 5.43 Å². The van der Waals surface area contributed by atoms with Crippen LogP contribution in [0.25, 0.3) is 0 Å². The first-order chi connectivity index (χ1) is 6.24. The second-order valence-corrected chi connectivity index (χ2v) is 2.06. The molecule has 1 rings (SSSR count). The van der Waals surface area contributed by atoms with Crippen molar-refractivity contribution in [3.8, 4) is 0 Å². The van der Waals surface area contributed by atoms with E-state index in [1.54, 1.807) is 0 Å². The van der Waals surface area contributed by atoms with E-state index in [0.717, 1.165) is 6.21 Å². The van der Waals surface area contributed by atoms with Gasteiger partial charge >= 0.3 is 5.97 Å². The normalized spacial score (nSPS) is 17.5. The Labute approximate surface area is 72.8 Å². The lowest BCUT2D eigenvalue weighted by Crippen LogP contribution is -2.16. The number of nitrogens with one attached hydrogen (secondary N) is 2. The fraction of sp³-hybridized carbons (Fsp3) is 0. The van der Waals surface area contributed by atoms with Crippen molar-refractivity contribution < 1.29 is 9.90 Å². The van der Waals surface area contributed by atoms with Crippen molar-refractivity contribution in [3.63, 3.8) is 0 Å². The summed E-state index contributed by atoms with van der Waals surface area (Å²) in [5.74, 6) is -0.763. The molecule has 0 unspecified atom stereocenters. The predicted octanol–water partition coefficient (Wildman–Crippen LogP) is -0.301. The summed E-state index contributed by atoms with van der Waals surface area (Å²) in [4.78, 5) is 23.7. The topological polar surface area (TPSA) is 103 Å². The summed E-state index contributed by atoms with van der Waals surface area (Å²) in [6, 6.07) is 0. The monoisotopic (exact) mass is 182 g/mol. The van der Waals surface area contributed by atoms with Crippen molar-refractivity contribution in [1.29, 1.82) is 0 Å². The highest BCUT2D eigenvalue weighted by Gasteiger charge is 2.07. The van der Waals surface area contributed by atoms with E-state index in [4.69, 9.17) is 5.11 Å².